The van der Waals surface area contributed by atoms with E-state index in [9.17, 15) is 0 Å². The summed E-state index contributed by atoms with van der Waals surface area (Å²) in [4.78, 5) is 8.18. The Bertz CT molecular complexity index is 239. The average molecular weight is 148 g/mol. The van der Waals surface area contributed by atoms with Crippen LogP contribution in [-0.2, 0) is 0 Å². The van der Waals surface area contributed by atoms with Crippen LogP contribution >= 0.6 is 0 Å². The van der Waals surface area contributed by atoms with Gasteiger partial charge in [-0.2, -0.15) is 0 Å². The summed E-state index contributed by atoms with van der Waals surface area (Å²) in [5.41, 5.74) is 0.991. The van der Waals surface area contributed by atoms with Crippen molar-refractivity contribution in [3.63, 3.8) is 0 Å². The van der Waals surface area contributed by atoms with Gasteiger partial charge in [0.15, 0.2) is 5.82 Å². The van der Waals surface area contributed by atoms with Crippen LogP contribution in [0.25, 0.3) is 5.57 Å². The summed E-state index contributed by atoms with van der Waals surface area (Å²) in [6.07, 6.45) is 3.46. The monoisotopic (exact) mass is 148 g/mol. The number of hydrogen-bond donors (Lipinski definition) is 0. The fourth-order valence-electron chi connectivity index (χ4n) is 0.723. The Morgan fingerprint density at radius 3 is 2.36 bits per heavy atom. The lowest BCUT2D eigenvalue weighted by Crippen LogP contribution is -1.96. The lowest BCUT2D eigenvalue weighted by Gasteiger charge is -2.05. The van der Waals surface area contributed by atoms with Crippen LogP contribution in [0.4, 0.5) is 0 Å². The molecule has 0 radical (unpaired) electrons. The van der Waals surface area contributed by atoms with Gasteiger partial charge in [0, 0.05) is 12.4 Å². The molecule has 0 aliphatic carbocycles. The summed E-state index contributed by atoms with van der Waals surface area (Å²) in [5, 5.41) is 0. The molecule has 0 bridgehead atoms. The van der Waals surface area contributed by atoms with Crippen molar-refractivity contribution in [2.75, 3.05) is 0 Å². The summed E-state index contributed by atoms with van der Waals surface area (Å²) >= 11 is 0. The van der Waals surface area contributed by atoms with Gasteiger partial charge in [-0.15, -0.1) is 0 Å². The van der Waals surface area contributed by atoms with Crippen LogP contribution in [0.2, 0.25) is 0 Å². The molecule has 1 aromatic rings. The Morgan fingerprint density at radius 2 is 1.91 bits per heavy atom. The minimum Gasteiger partial charge on any atom is -0.237 e. The standard InChI is InChI=1S/C9H12N2/c1-7(2)8(3)9-10-5-4-6-11-9/h4-7H,3H2,1-2H3. The van der Waals surface area contributed by atoms with Crippen molar-refractivity contribution in [2.24, 2.45) is 5.92 Å². The van der Waals surface area contributed by atoms with Crippen LogP contribution in [0.1, 0.15) is 19.7 Å². The first-order chi connectivity index (χ1) is 5.22. The van der Waals surface area contributed by atoms with Crippen molar-refractivity contribution in [3.05, 3.63) is 30.9 Å². The molecular weight excluding hydrogens is 136 g/mol. The Morgan fingerprint density at radius 1 is 1.36 bits per heavy atom. The minimum atomic E-state index is 0.414. The summed E-state index contributed by atoms with van der Waals surface area (Å²) in [6, 6.07) is 1.80. The van der Waals surface area contributed by atoms with Crippen molar-refractivity contribution < 1.29 is 0 Å². The van der Waals surface area contributed by atoms with E-state index in [2.05, 4.69) is 30.4 Å². The molecule has 11 heavy (non-hydrogen) atoms. The van der Waals surface area contributed by atoms with Crippen molar-refractivity contribution in [3.8, 4) is 0 Å². The van der Waals surface area contributed by atoms with E-state index in [4.69, 9.17) is 0 Å². The van der Waals surface area contributed by atoms with Gasteiger partial charge in [-0.05, 0) is 17.6 Å². The maximum atomic E-state index is 4.09. The summed E-state index contributed by atoms with van der Waals surface area (Å²) < 4.78 is 0. The zero-order valence-electron chi connectivity index (χ0n) is 6.91. The summed E-state index contributed by atoms with van der Waals surface area (Å²) in [5.74, 6) is 1.17. The molecule has 0 amide bonds. The average Bonchev–Trinajstić information content (AvgIpc) is 2.05. The molecule has 0 unspecified atom stereocenters. The smallest absolute Gasteiger partial charge is 0.154 e. The molecule has 2 heteroatoms. The van der Waals surface area contributed by atoms with Gasteiger partial charge >= 0.3 is 0 Å². The van der Waals surface area contributed by atoms with Crippen molar-refractivity contribution in [1.29, 1.82) is 0 Å². The van der Waals surface area contributed by atoms with Crippen LogP contribution in [-0.4, -0.2) is 9.97 Å². The number of allylic oxidation sites excluding steroid dienone is 1. The highest BCUT2D eigenvalue weighted by atomic mass is 14.9. The van der Waals surface area contributed by atoms with Gasteiger partial charge in [-0.1, -0.05) is 20.4 Å². The Kier molecular flexibility index (Phi) is 2.36. The first kappa shape index (κ1) is 7.92. The molecule has 0 fully saturated rings. The molecule has 2 nitrogen and oxygen atoms in total. The maximum absolute atomic E-state index is 4.09. The molecule has 1 rings (SSSR count). The largest absolute Gasteiger partial charge is 0.237 e. The van der Waals surface area contributed by atoms with Crippen LogP contribution < -0.4 is 0 Å². The Labute approximate surface area is 67.0 Å². The van der Waals surface area contributed by atoms with E-state index < -0.39 is 0 Å². The van der Waals surface area contributed by atoms with E-state index in [-0.39, 0.29) is 0 Å². The SMILES string of the molecule is C=C(c1ncccn1)C(C)C. The van der Waals surface area contributed by atoms with Crippen LogP contribution in [0.3, 0.4) is 0 Å². The quantitative estimate of drug-likeness (QED) is 0.642. The predicted octanol–water partition coefficient (Wildman–Crippen LogP) is 2.15. The van der Waals surface area contributed by atoms with E-state index in [1.807, 2.05) is 0 Å². The third-order valence-corrected chi connectivity index (χ3v) is 1.55. The third kappa shape index (κ3) is 1.87. The molecule has 1 aromatic heterocycles. The van der Waals surface area contributed by atoms with E-state index in [0.717, 1.165) is 11.4 Å². The Hall–Kier alpha value is -1.18. The first-order valence-corrected chi connectivity index (χ1v) is 3.68. The minimum absolute atomic E-state index is 0.414. The molecule has 0 atom stereocenters. The highest BCUT2D eigenvalue weighted by molar-refractivity contribution is 5.57. The van der Waals surface area contributed by atoms with E-state index in [1.165, 1.54) is 0 Å². The zero-order chi connectivity index (χ0) is 8.27. The Balaban J connectivity index is 2.86. The van der Waals surface area contributed by atoms with Crippen molar-refractivity contribution in [1.82, 2.24) is 9.97 Å². The topological polar surface area (TPSA) is 25.8 Å². The van der Waals surface area contributed by atoms with Crippen molar-refractivity contribution >= 4 is 5.57 Å². The normalized spacial score (nSPS) is 10.1. The zero-order valence-corrected chi connectivity index (χ0v) is 6.91. The lowest BCUT2D eigenvalue weighted by molar-refractivity contribution is 0.840. The highest BCUT2D eigenvalue weighted by Crippen LogP contribution is 2.15. The second-order valence-corrected chi connectivity index (χ2v) is 2.75. The molecular formula is C9H12N2. The molecule has 58 valence electrons. The number of hydrogen-bond acceptors (Lipinski definition) is 2. The van der Waals surface area contributed by atoms with Gasteiger partial charge in [0.2, 0.25) is 0 Å². The molecule has 0 saturated heterocycles. The van der Waals surface area contributed by atoms with E-state index >= 15 is 0 Å². The van der Waals surface area contributed by atoms with E-state index in [1.54, 1.807) is 18.5 Å². The second-order valence-electron chi connectivity index (χ2n) is 2.75. The maximum Gasteiger partial charge on any atom is 0.154 e. The van der Waals surface area contributed by atoms with Crippen molar-refractivity contribution in [2.45, 2.75) is 13.8 Å². The van der Waals surface area contributed by atoms with Crippen LogP contribution in [0.15, 0.2) is 25.0 Å². The molecule has 0 N–H and O–H groups in total. The van der Waals surface area contributed by atoms with Crippen LogP contribution in [0, 0.1) is 5.92 Å². The van der Waals surface area contributed by atoms with Gasteiger partial charge < -0.3 is 0 Å². The van der Waals surface area contributed by atoms with E-state index in [0.29, 0.717) is 5.92 Å². The van der Waals surface area contributed by atoms with Gasteiger partial charge in [-0.25, -0.2) is 9.97 Å². The van der Waals surface area contributed by atoms with Gasteiger partial charge in [0.05, 0.1) is 0 Å². The fraction of sp³-hybridized carbons (Fsp3) is 0.333. The van der Waals surface area contributed by atoms with Gasteiger partial charge in [-0.3, -0.25) is 0 Å². The third-order valence-electron chi connectivity index (χ3n) is 1.55. The van der Waals surface area contributed by atoms with Gasteiger partial charge in [0.1, 0.15) is 0 Å². The predicted molar refractivity (Wildman–Crippen MR) is 45.9 cm³/mol. The molecule has 0 aliphatic heterocycles. The molecule has 0 spiro atoms. The number of nitrogens with zero attached hydrogens (tertiary/aromatic N) is 2. The molecule has 0 aliphatic rings. The van der Waals surface area contributed by atoms with Crippen LogP contribution in [0.5, 0.6) is 0 Å². The molecule has 1 heterocycles. The highest BCUT2D eigenvalue weighted by Gasteiger charge is 2.04. The molecule has 0 aromatic carbocycles. The summed E-state index contributed by atoms with van der Waals surface area (Å²) in [6.45, 7) is 8.06. The first-order valence-electron chi connectivity index (χ1n) is 3.68. The molecule has 0 saturated carbocycles. The second kappa shape index (κ2) is 3.28. The number of aromatic nitrogens is 2. The number of rotatable bonds is 2. The summed E-state index contributed by atoms with van der Waals surface area (Å²) in [7, 11) is 0. The lowest BCUT2D eigenvalue weighted by atomic mass is 10.1. The van der Waals surface area contributed by atoms with Gasteiger partial charge in [0.25, 0.3) is 0 Å². The fourth-order valence-corrected chi connectivity index (χ4v) is 0.723.